The van der Waals surface area contributed by atoms with Gasteiger partial charge in [-0.15, -0.1) is 0 Å². The molecule has 5 atom stereocenters. The Balaban J connectivity index is 1.66. The molecular weight excluding hydrogens is 438 g/mol. The molecule has 1 aromatic carbocycles. The van der Waals surface area contributed by atoms with Crippen LogP contribution >= 0.6 is 0 Å². The summed E-state index contributed by atoms with van der Waals surface area (Å²) in [7, 11) is 0. The summed E-state index contributed by atoms with van der Waals surface area (Å²) in [4.78, 5) is 35.4. The molecule has 0 bridgehead atoms. The number of benzene rings is 1. The van der Waals surface area contributed by atoms with Crippen LogP contribution in [0.4, 0.5) is 0 Å². The Hall–Kier alpha value is -2.61. The molecule has 12 heteroatoms. The number of carbonyl (C=O) groups is 3. The molecule has 1 saturated heterocycles. The molecule has 0 unspecified atom stereocenters. The van der Waals surface area contributed by atoms with Crippen LogP contribution < -0.4 is 16.0 Å². The van der Waals surface area contributed by atoms with Crippen LogP contribution in [-0.4, -0.2) is 99.7 Å². The zero-order valence-electron chi connectivity index (χ0n) is 18.0. The summed E-state index contributed by atoms with van der Waals surface area (Å²) < 4.78 is 5.03. The lowest BCUT2D eigenvalue weighted by Crippen LogP contribution is -2.64. The quantitative estimate of drug-likeness (QED) is 0.152. The van der Waals surface area contributed by atoms with Gasteiger partial charge in [0.25, 0.3) is 5.91 Å². The molecule has 0 aromatic heterocycles. The van der Waals surface area contributed by atoms with E-state index in [9.17, 15) is 39.9 Å². The van der Waals surface area contributed by atoms with E-state index in [1.165, 1.54) is 0 Å². The molecule has 1 aliphatic rings. The predicted octanol–water partition coefficient (Wildman–Crippen LogP) is -2.45. The number of carbonyl (C=O) groups excluding carboxylic acids is 2. The Kier molecular flexibility index (Phi) is 10.2. The van der Waals surface area contributed by atoms with Gasteiger partial charge in [-0.1, -0.05) is 18.2 Å². The minimum atomic E-state index is -2.06. The Morgan fingerprint density at radius 1 is 1.12 bits per heavy atom. The molecule has 2 rings (SSSR count). The van der Waals surface area contributed by atoms with E-state index in [-0.39, 0.29) is 26.1 Å². The molecule has 1 aliphatic heterocycles. The smallest absolute Gasteiger partial charge is 0.326 e. The third-order valence-electron chi connectivity index (χ3n) is 5.24. The number of aliphatic hydroxyl groups excluding tert-OH is 3. The standard InChI is InChI=1S/C21H31N3O9/c25-15-11-33-21(32,18(28)17(15)27)12-22-9-5-4-8-14(20(30)31)24-16(26)10-23-19(29)13-6-2-1-3-7-13/h1-3,6-7,14-15,17-18,22,25,27-28,32H,4-5,8-12H2,(H,23,29)(H,24,26)(H,30,31)/t14-,15-,17-,18+,21-/m1/s1. The normalized spacial score (nSPS) is 25.8. The van der Waals surface area contributed by atoms with E-state index >= 15 is 0 Å². The van der Waals surface area contributed by atoms with E-state index in [0.29, 0.717) is 24.9 Å². The number of nitrogens with one attached hydrogen (secondary N) is 3. The van der Waals surface area contributed by atoms with Crippen molar-refractivity contribution in [2.75, 3.05) is 26.2 Å². The maximum atomic E-state index is 12.0. The molecule has 33 heavy (non-hydrogen) atoms. The minimum Gasteiger partial charge on any atom is -0.480 e. The summed E-state index contributed by atoms with van der Waals surface area (Å²) >= 11 is 0. The van der Waals surface area contributed by atoms with E-state index < -0.39 is 47.9 Å². The number of unbranched alkanes of at least 4 members (excludes halogenated alkanes) is 1. The molecule has 184 valence electrons. The maximum Gasteiger partial charge on any atom is 0.326 e. The second-order valence-corrected chi connectivity index (χ2v) is 7.84. The fourth-order valence-corrected chi connectivity index (χ4v) is 3.27. The van der Waals surface area contributed by atoms with Gasteiger partial charge in [0.2, 0.25) is 11.7 Å². The highest BCUT2D eigenvalue weighted by Crippen LogP contribution is 2.23. The van der Waals surface area contributed by atoms with E-state index in [1.807, 2.05) is 0 Å². The first-order valence-electron chi connectivity index (χ1n) is 10.6. The number of aliphatic hydroxyl groups is 4. The van der Waals surface area contributed by atoms with Crippen LogP contribution in [0.5, 0.6) is 0 Å². The Bertz CT molecular complexity index is 794. The molecule has 0 saturated carbocycles. The Labute approximate surface area is 190 Å². The number of hydrogen-bond acceptors (Lipinski definition) is 9. The van der Waals surface area contributed by atoms with E-state index in [4.69, 9.17) is 4.74 Å². The molecule has 1 aromatic rings. The van der Waals surface area contributed by atoms with Crippen molar-refractivity contribution >= 4 is 17.8 Å². The van der Waals surface area contributed by atoms with Crippen LogP contribution in [0.15, 0.2) is 30.3 Å². The molecule has 2 amide bonds. The fraction of sp³-hybridized carbons (Fsp3) is 0.571. The SMILES string of the molecule is O=C(CNC(=O)c1ccccc1)N[C@H](CCCCNC[C@@]1(O)OC[C@@H](O)[C@@H](O)[C@@H]1O)C(=O)O. The number of hydrogen-bond donors (Lipinski definition) is 8. The second kappa shape index (κ2) is 12.6. The highest BCUT2D eigenvalue weighted by molar-refractivity contribution is 5.96. The summed E-state index contributed by atoms with van der Waals surface area (Å²) in [5.74, 6) is -4.33. The topological polar surface area (TPSA) is 198 Å². The third kappa shape index (κ3) is 8.03. The van der Waals surface area contributed by atoms with Crippen LogP contribution in [0.2, 0.25) is 0 Å². The summed E-state index contributed by atoms with van der Waals surface area (Å²) in [6.07, 6.45) is -3.48. The molecular formula is C21H31N3O9. The van der Waals surface area contributed by atoms with Crippen LogP contribution in [0, 0.1) is 0 Å². The van der Waals surface area contributed by atoms with E-state index in [1.54, 1.807) is 30.3 Å². The first-order valence-corrected chi connectivity index (χ1v) is 10.6. The molecule has 8 N–H and O–H groups in total. The molecule has 0 aliphatic carbocycles. The average Bonchev–Trinajstić information content (AvgIpc) is 2.80. The van der Waals surface area contributed by atoms with Gasteiger partial charge in [-0.3, -0.25) is 9.59 Å². The van der Waals surface area contributed by atoms with Gasteiger partial charge in [-0.2, -0.15) is 0 Å². The zero-order valence-corrected chi connectivity index (χ0v) is 18.0. The van der Waals surface area contributed by atoms with Gasteiger partial charge in [0, 0.05) is 5.56 Å². The van der Waals surface area contributed by atoms with Gasteiger partial charge in [0.05, 0.1) is 19.7 Å². The molecule has 0 spiro atoms. The zero-order chi connectivity index (χ0) is 24.4. The average molecular weight is 469 g/mol. The van der Waals surface area contributed by atoms with Crippen molar-refractivity contribution in [2.45, 2.75) is 49.4 Å². The lowest BCUT2D eigenvalue weighted by atomic mass is 9.97. The number of rotatable bonds is 12. The third-order valence-corrected chi connectivity index (χ3v) is 5.24. The van der Waals surface area contributed by atoms with E-state index in [2.05, 4.69) is 16.0 Å². The van der Waals surface area contributed by atoms with Crippen molar-refractivity contribution in [2.24, 2.45) is 0 Å². The predicted molar refractivity (Wildman–Crippen MR) is 114 cm³/mol. The molecule has 12 nitrogen and oxygen atoms in total. The minimum absolute atomic E-state index is 0.143. The van der Waals surface area contributed by atoms with Crippen molar-refractivity contribution in [3.8, 4) is 0 Å². The summed E-state index contributed by atoms with van der Waals surface area (Å²) in [5, 5.41) is 56.2. The van der Waals surface area contributed by atoms with Gasteiger partial charge in [0.15, 0.2) is 0 Å². The van der Waals surface area contributed by atoms with Crippen LogP contribution in [0.1, 0.15) is 29.6 Å². The number of carboxylic acid groups (broad SMARTS) is 1. The summed E-state index contributed by atoms with van der Waals surface area (Å²) in [5.41, 5.74) is 0.383. The van der Waals surface area contributed by atoms with Gasteiger partial charge in [0.1, 0.15) is 24.4 Å². The summed E-state index contributed by atoms with van der Waals surface area (Å²) in [6.45, 7) is -0.564. The Morgan fingerprint density at radius 3 is 2.48 bits per heavy atom. The molecule has 1 fully saturated rings. The van der Waals surface area contributed by atoms with Crippen molar-refractivity contribution in [3.63, 3.8) is 0 Å². The van der Waals surface area contributed by atoms with Gasteiger partial charge in [-0.05, 0) is 37.9 Å². The number of ether oxygens (including phenoxy) is 1. The number of carboxylic acids is 1. The lowest BCUT2D eigenvalue weighted by Gasteiger charge is -2.41. The van der Waals surface area contributed by atoms with Crippen molar-refractivity contribution in [1.82, 2.24) is 16.0 Å². The van der Waals surface area contributed by atoms with Crippen molar-refractivity contribution in [3.05, 3.63) is 35.9 Å². The highest BCUT2D eigenvalue weighted by atomic mass is 16.6. The molecule has 1 heterocycles. The number of aliphatic carboxylic acids is 1. The van der Waals surface area contributed by atoms with Crippen LogP contribution in [-0.2, 0) is 14.3 Å². The van der Waals surface area contributed by atoms with Gasteiger partial charge < -0.3 is 46.2 Å². The first kappa shape index (κ1) is 26.6. The number of amides is 2. The lowest BCUT2D eigenvalue weighted by molar-refractivity contribution is -0.317. The van der Waals surface area contributed by atoms with Crippen molar-refractivity contribution in [1.29, 1.82) is 0 Å². The monoisotopic (exact) mass is 469 g/mol. The second-order valence-electron chi connectivity index (χ2n) is 7.84. The molecule has 0 radical (unpaired) electrons. The fourth-order valence-electron chi connectivity index (χ4n) is 3.27. The van der Waals surface area contributed by atoms with Crippen LogP contribution in [0.25, 0.3) is 0 Å². The largest absolute Gasteiger partial charge is 0.480 e. The van der Waals surface area contributed by atoms with Gasteiger partial charge >= 0.3 is 5.97 Å². The highest BCUT2D eigenvalue weighted by Gasteiger charge is 2.48. The maximum absolute atomic E-state index is 12.0. The van der Waals surface area contributed by atoms with Gasteiger partial charge in [-0.25, -0.2) is 4.79 Å². The van der Waals surface area contributed by atoms with Crippen LogP contribution in [0.3, 0.4) is 0 Å². The van der Waals surface area contributed by atoms with E-state index in [0.717, 1.165) is 0 Å². The van der Waals surface area contributed by atoms with Crippen molar-refractivity contribution < 1.29 is 44.7 Å². The Morgan fingerprint density at radius 2 is 1.82 bits per heavy atom. The first-order chi connectivity index (χ1) is 15.6. The summed E-state index contributed by atoms with van der Waals surface area (Å²) in [6, 6.07) is 7.17.